The van der Waals surface area contributed by atoms with Crippen molar-refractivity contribution in [3.63, 3.8) is 0 Å². The largest absolute Gasteiger partial charge is 0.461 e. The molecule has 3 atom stereocenters. The molecule has 5 heterocycles. The summed E-state index contributed by atoms with van der Waals surface area (Å²) in [6, 6.07) is 13.3. The van der Waals surface area contributed by atoms with E-state index in [2.05, 4.69) is 22.5 Å². The number of piperazine rings is 1. The Morgan fingerprint density at radius 2 is 2.07 bits per heavy atom. The van der Waals surface area contributed by atoms with Crippen molar-refractivity contribution in [3.8, 4) is 23.2 Å². The molecule has 11 heteroatoms. The van der Waals surface area contributed by atoms with Gasteiger partial charge in [-0.05, 0) is 48.4 Å². The van der Waals surface area contributed by atoms with E-state index in [1.807, 2.05) is 40.6 Å². The van der Waals surface area contributed by atoms with Gasteiger partial charge in [-0.3, -0.25) is 9.69 Å². The average Bonchev–Trinajstić information content (AvgIpc) is 3.74. The minimum Gasteiger partial charge on any atom is -0.461 e. The minimum atomic E-state index is -0.904. The van der Waals surface area contributed by atoms with Crippen LogP contribution in [0.1, 0.15) is 25.7 Å². The maximum atomic E-state index is 16.6. The number of hydrogen-bond donors (Lipinski definition) is 0. The van der Waals surface area contributed by atoms with E-state index in [1.54, 1.807) is 22.3 Å². The zero-order chi connectivity index (χ0) is 30.4. The van der Waals surface area contributed by atoms with E-state index >= 15 is 4.39 Å². The lowest BCUT2D eigenvalue weighted by molar-refractivity contribution is -0.128. The Labute approximate surface area is 258 Å². The molecule has 7 rings (SSSR count). The second-order valence-corrected chi connectivity index (χ2v) is 12.8. The van der Waals surface area contributed by atoms with Crippen LogP contribution in [0.25, 0.3) is 32.1 Å². The van der Waals surface area contributed by atoms with E-state index in [9.17, 15) is 14.4 Å². The van der Waals surface area contributed by atoms with Gasteiger partial charge < -0.3 is 14.5 Å². The maximum Gasteiger partial charge on any atom is 0.319 e. The fourth-order valence-corrected chi connectivity index (χ4v) is 8.16. The Morgan fingerprint density at radius 3 is 2.91 bits per heavy atom. The van der Waals surface area contributed by atoms with Crippen LogP contribution < -0.4 is 9.64 Å². The van der Waals surface area contributed by atoms with Gasteiger partial charge in [-0.2, -0.15) is 15.2 Å². The number of alkyl halides is 1. The molecule has 2 aromatic heterocycles. The molecule has 0 bridgehead atoms. The summed E-state index contributed by atoms with van der Waals surface area (Å²) in [5.41, 5.74) is 0.932. The van der Waals surface area contributed by atoms with E-state index < -0.39 is 17.5 Å². The Balaban J connectivity index is 1.31. The number of nitriles is 1. The highest BCUT2D eigenvalue weighted by Crippen LogP contribution is 2.41. The molecule has 0 N–H and O–H groups in total. The summed E-state index contributed by atoms with van der Waals surface area (Å²) in [6.45, 7) is 6.16. The van der Waals surface area contributed by atoms with Gasteiger partial charge in [-0.25, -0.2) is 8.78 Å². The van der Waals surface area contributed by atoms with Crippen molar-refractivity contribution in [2.24, 2.45) is 0 Å². The Morgan fingerprint density at radius 1 is 1.18 bits per heavy atom. The van der Waals surface area contributed by atoms with E-state index in [-0.39, 0.29) is 36.5 Å². The molecule has 226 valence electrons. The highest BCUT2D eigenvalue weighted by molar-refractivity contribution is 7.17. The molecular formula is C33H32F2N6O2S. The van der Waals surface area contributed by atoms with E-state index in [0.717, 1.165) is 35.0 Å². The standard InChI is InChI=1S/C33H32F2N6O2S/c1-2-27(42)41-15-14-39(19-23(41)9-12-36)31-26-8-7-24(25-6-3-5-21-10-16-44-30(21)25)28(35)29(26)37-32(38-31)43-20-33-11-4-13-40(33)18-22(34)17-33/h2-3,5-8,10,16,22-23H,1,4,9,11,13-15,17-20H2/t22-,23+,33?/m1/s1. The number of benzene rings is 2. The van der Waals surface area contributed by atoms with Crippen molar-refractivity contribution in [1.82, 2.24) is 19.8 Å². The molecule has 0 spiro atoms. The van der Waals surface area contributed by atoms with Crippen molar-refractivity contribution in [2.45, 2.75) is 43.4 Å². The maximum absolute atomic E-state index is 16.6. The summed E-state index contributed by atoms with van der Waals surface area (Å²) < 4.78 is 38.3. The molecule has 44 heavy (non-hydrogen) atoms. The van der Waals surface area contributed by atoms with Crippen LogP contribution in [0.2, 0.25) is 0 Å². The number of ether oxygens (including phenoxy) is 1. The first kappa shape index (κ1) is 28.6. The van der Waals surface area contributed by atoms with Gasteiger partial charge in [0.05, 0.1) is 24.1 Å². The number of rotatable bonds is 7. The quantitative estimate of drug-likeness (QED) is 0.246. The molecule has 0 radical (unpaired) electrons. The monoisotopic (exact) mass is 614 g/mol. The van der Waals surface area contributed by atoms with Crippen LogP contribution in [-0.4, -0.2) is 82.8 Å². The van der Waals surface area contributed by atoms with Gasteiger partial charge in [0.2, 0.25) is 5.91 Å². The number of fused-ring (bicyclic) bond motifs is 3. The van der Waals surface area contributed by atoms with Gasteiger partial charge in [0.1, 0.15) is 24.1 Å². The minimum absolute atomic E-state index is 0.0304. The molecular weight excluding hydrogens is 582 g/mol. The van der Waals surface area contributed by atoms with Gasteiger partial charge in [-0.1, -0.05) is 30.8 Å². The van der Waals surface area contributed by atoms with Gasteiger partial charge in [0, 0.05) is 53.8 Å². The van der Waals surface area contributed by atoms with E-state index in [1.165, 1.54) is 6.08 Å². The first-order chi connectivity index (χ1) is 21.4. The van der Waals surface area contributed by atoms with Crippen molar-refractivity contribution in [2.75, 3.05) is 44.2 Å². The second kappa shape index (κ2) is 11.4. The molecule has 2 aromatic carbocycles. The molecule has 8 nitrogen and oxygen atoms in total. The van der Waals surface area contributed by atoms with Crippen LogP contribution >= 0.6 is 11.3 Å². The van der Waals surface area contributed by atoms with Crippen molar-refractivity contribution < 1.29 is 18.3 Å². The zero-order valence-electron chi connectivity index (χ0n) is 24.2. The molecule has 0 saturated carbocycles. The summed E-state index contributed by atoms with van der Waals surface area (Å²) >= 11 is 1.56. The van der Waals surface area contributed by atoms with E-state index in [0.29, 0.717) is 49.4 Å². The fourth-order valence-electron chi connectivity index (χ4n) is 7.23. The lowest BCUT2D eigenvalue weighted by Gasteiger charge is -2.41. The Kier molecular flexibility index (Phi) is 7.42. The average molecular weight is 615 g/mol. The van der Waals surface area contributed by atoms with Crippen LogP contribution in [0.15, 0.2) is 54.4 Å². The molecule has 3 aliphatic rings. The predicted molar refractivity (Wildman–Crippen MR) is 167 cm³/mol. The van der Waals surface area contributed by atoms with Gasteiger partial charge in [0.15, 0.2) is 5.82 Å². The zero-order valence-corrected chi connectivity index (χ0v) is 25.0. The lowest BCUT2D eigenvalue weighted by atomic mass is 9.95. The number of amides is 1. The van der Waals surface area contributed by atoms with Crippen LogP contribution in [-0.2, 0) is 4.79 Å². The third-order valence-electron chi connectivity index (χ3n) is 9.33. The molecule has 0 aliphatic carbocycles. The second-order valence-electron chi connectivity index (χ2n) is 11.9. The van der Waals surface area contributed by atoms with Crippen molar-refractivity contribution in [1.29, 1.82) is 5.26 Å². The number of aromatic nitrogens is 2. The summed E-state index contributed by atoms with van der Waals surface area (Å²) in [7, 11) is 0. The molecule has 1 amide bonds. The molecule has 4 aromatic rings. The third kappa shape index (κ3) is 4.86. The lowest BCUT2D eigenvalue weighted by Crippen LogP contribution is -2.55. The SMILES string of the molecule is C=CC(=O)N1CCN(c2nc(OCC34CCCN3C[C@H](F)C4)nc3c(F)c(-c4cccc5ccsc45)ccc23)C[C@@H]1CC#N. The first-order valence-electron chi connectivity index (χ1n) is 14.9. The topological polar surface area (TPSA) is 85.6 Å². The highest BCUT2D eigenvalue weighted by Gasteiger charge is 2.49. The van der Waals surface area contributed by atoms with Crippen LogP contribution in [0, 0.1) is 17.1 Å². The number of thiophene rings is 1. The molecule has 3 fully saturated rings. The Bertz CT molecular complexity index is 1810. The summed E-state index contributed by atoms with van der Waals surface area (Å²) in [4.78, 5) is 27.7. The first-order valence-corrected chi connectivity index (χ1v) is 15.8. The third-order valence-corrected chi connectivity index (χ3v) is 10.3. The van der Waals surface area contributed by atoms with E-state index in [4.69, 9.17) is 9.72 Å². The number of anilines is 1. The van der Waals surface area contributed by atoms with Crippen molar-refractivity contribution in [3.05, 3.63) is 60.3 Å². The summed E-state index contributed by atoms with van der Waals surface area (Å²) in [5.74, 6) is -0.228. The smallest absolute Gasteiger partial charge is 0.319 e. The van der Waals surface area contributed by atoms with Crippen LogP contribution in [0.3, 0.4) is 0 Å². The number of halogens is 2. The summed E-state index contributed by atoms with van der Waals surface area (Å²) in [6.07, 6.45) is 2.68. The number of hydrogen-bond acceptors (Lipinski definition) is 8. The molecule has 3 saturated heterocycles. The Hall–Kier alpha value is -4.14. The van der Waals surface area contributed by atoms with Gasteiger partial charge >= 0.3 is 6.01 Å². The van der Waals surface area contributed by atoms with Crippen LogP contribution in [0.5, 0.6) is 6.01 Å². The number of carbonyl (C=O) groups is 1. The molecule has 1 unspecified atom stereocenters. The number of carbonyl (C=O) groups excluding carboxylic acids is 1. The molecule has 3 aliphatic heterocycles. The van der Waals surface area contributed by atoms with Crippen molar-refractivity contribution >= 4 is 44.1 Å². The number of nitrogens with zero attached hydrogens (tertiary/aromatic N) is 6. The highest BCUT2D eigenvalue weighted by atomic mass is 32.1. The van der Waals surface area contributed by atoms with Gasteiger partial charge in [0.25, 0.3) is 0 Å². The predicted octanol–water partition coefficient (Wildman–Crippen LogP) is 5.72. The summed E-state index contributed by atoms with van der Waals surface area (Å²) in [5, 5.41) is 13.1. The normalized spacial score (nSPS) is 23.7. The van der Waals surface area contributed by atoms with Crippen LogP contribution in [0.4, 0.5) is 14.6 Å². The fraction of sp³-hybridized carbons (Fsp3) is 0.394. The van der Waals surface area contributed by atoms with Gasteiger partial charge in [-0.15, -0.1) is 11.3 Å².